The Bertz CT molecular complexity index is 1220. The fraction of sp³-hybridized carbons (Fsp3) is 0.105. The SMILES string of the molecule is CS(=O)(=O)c1nccn1-c1ccc(OC2C=Cc3c(F)cc(Cl)cc32)c(F)c1. The molecule has 2 aromatic carbocycles. The summed E-state index contributed by atoms with van der Waals surface area (Å²) in [6.07, 6.45) is 6.23. The number of imidazole rings is 1. The van der Waals surface area contributed by atoms with E-state index in [0.29, 0.717) is 11.1 Å². The van der Waals surface area contributed by atoms with Crippen LogP contribution in [0.3, 0.4) is 0 Å². The second-order valence-corrected chi connectivity index (χ2v) is 8.60. The zero-order chi connectivity index (χ0) is 20.1. The fourth-order valence-corrected chi connectivity index (χ4v) is 4.03. The molecule has 0 N–H and O–H groups in total. The van der Waals surface area contributed by atoms with Gasteiger partial charge < -0.3 is 4.74 Å². The van der Waals surface area contributed by atoms with Crippen molar-refractivity contribution in [3.8, 4) is 11.4 Å². The maximum absolute atomic E-state index is 14.6. The lowest BCUT2D eigenvalue weighted by Gasteiger charge is -2.16. The van der Waals surface area contributed by atoms with E-state index in [9.17, 15) is 17.2 Å². The van der Waals surface area contributed by atoms with Gasteiger partial charge in [0.2, 0.25) is 15.0 Å². The van der Waals surface area contributed by atoms with Crippen LogP contribution in [0.15, 0.2) is 54.0 Å². The molecule has 144 valence electrons. The van der Waals surface area contributed by atoms with Gasteiger partial charge in [-0.2, -0.15) is 0 Å². The molecule has 1 aromatic heterocycles. The van der Waals surface area contributed by atoms with Crippen LogP contribution in [0.1, 0.15) is 17.2 Å². The van der Waals surface area contributed by atoms with E-state index in [0.717, 1.165) is 12.3 Å². The summed E-state index contributed by atoms with van der Waals surface area (Å²) in [6, 6.07) is 6.80. The number of nitrogens with zero attached hydrogens (tertiary/aromatic N) is 2. The molecule has 1 unspecified atom stereocenters. The van der Waals surface area contributed by atoms with Gasteiger partial charge in [0.25, 0.3) is 0 Å². The van der Waals surface area contributed by atoms with E-state index in [-0.39, 0.29) is 21.6 Å². The van der Waals surface area contributed by atoms with Gasteiger partial charge >= 0.3 is 0 Å². The van der Waals surface area contributed by atoms with Crippen molar-refractivity contribution in [2.45, 2.75) is 11.3 Å². The van der Waals surface area contributed by atoms with Gasteiger partial charge in [-0.25, -0.2) is 22.2 Å². The van der Waals surface area contributed by atoms with Gasteiger partial charge in [-0.15, -0.1) is 0 Å². The van der Waals surface area contributed by atoms with E-state index in [1.165, 1.54) is 35.2 Å². The lowest BCUT2D eigenvalue weighted by Crippen LogP contribution is -2.08. The third-order valence-corrected chi connectivity index (χ3v) is 5.44. The third kappa shape index (κ3) is 3.29. The molecule has 28 heavy (non-hydrogen) atoms. The lowest BCUT2D eigenvalue weighted by atomic mass is 10.1. The molecule has 0 spiro atoms. The predicted molar refractivity (Wildman–Crippen MR) is 100 cm³/mol. The Balaban J connectivity index is 1.65. The number of hydrogen-bond donors (Lipinski definition) is 0. The Labute approximate surface area is 164 Å². The van der Waals surface area contributed by atoms with E-state index in [2.05, 4.69) is 4.98 Å². The standard InChI is InChI=1S/C19H13ClF2N2O3S/c1-28(25,26)19-23-6-7-24(19)12-2-4-18(16(22)10-12)27-17-5-3-13-14(17)8-11(20)9-15(13)21/h2-10,17H,1H3. The summed E-state index contributed by atoms with van der Waals surface area (Å²) in [6.45, 7) is 0. The molecule has 3 aromatic rings. The highest BCUT2D eigenvalue weighted by Gasteiger charge is 2.24. The largest absolute Gasteiger partial charge is 0.479 e. The summed E-state index contributed by atoms with van der Waals surface area (Å²) >= 11 is 5.90. The van der Waals surface area contributed by atoms with Gasteiger partial charge in [0.1, 0.15) is 11.9 Å². The van der Waals surface area contributed by atoms with Gasteiger partial charge in [-0.1, -0.05) is 17.7 Å². The summed E-state index contributed by atoms with van der Waals surface area (Å²) < 4.78 is 59.1. The van der Waals surface area contributed by atoms with Crippen LogP contribution in [0.2, 0.25) is 5.02 Å². The normalized spacial score (nSPS) is 15.6. The Hall–Kier alpha value is -2.71. The number of fused-ring (bicyclic) bond motifs is 1. The average Bonchev–Trinajstić information content (AvgIpc) is 3.24. The summed E-state index contributed by atoms with van der Waals surface area (Å²) in [4.78, 5) is 3.80. The quantitative estimate of drug-likeness (QED) is 0.627. The van der Waals surface area contributed by atoms with E-state index < -0.39 is 27.6 Å². The Morgan fingerprint density at radius 3 is 2.68 bits per heavy atom. The second-order valence-electron chi connectivity index (χ2n) is 6.25. The molecule has 0 aliphatic heterocycles. The van der Waals surface area contributed by atoms with Gasteiger partial charge in [0.05, 0.1) is 5.69 Å². The van der Waals surface area contributed by atoms with Crippen LogP contribution in [0.4, 0.5) is 8.78 Å². The number of hydrogen-bond acceptors (Lipinski definition) is 4. The van der Waals surface area contributed by atoms with Gasteiger partial charge in [0, 0.05) is 40.9 Å². The first-order valence-corrected chi connectivity index (χ1v) is 10.4. The Morgan fingerprint density at radius 1 is 1.18 bits per heavy atom. The molecule has 4 rings (SSSR count). The molecule has 1 heterocycles. The Kier molecular flexibility index (Phi) is 4.47. The zero-order valence-electron chi connectivity index (χ0n) is 14.4. The van der Waals surface area contributed by atoms with Crippen LogP contribution < -0.4 is 4.74 Å². The number of ether oxygens (including phenoxy) is 1. The fourth-order valence-electron chi connectivity index (χ4n) is 3.04. The van der Waals surface area contributed by atoms with Gasteiger partial charge in [-0.3, -0.25) is 4.57 Å². The molecule has 5 nitrogen and oxygen atoms in total. The van der Waals surface area contributed by atoms with Crippen molar-refractivity contribution in [2.24, 2.45) is 0 Å². The molecule has 9 heteroatoms. The molecular formula is C19H13ClF2N2O3S. The highest BCUT2D eigenvalue weighted by atomic mass is 35.5. The summed E-state index contributed by atoms with van der Waals surface area (Å²) in [7, 11) is -3.58. The number of halogens is 3. The zero-order valence-corrected chi connectivity index (χ0v) is 16.0. The predicted octanol–water partition coefficient (Wildman–Crippen LogP) is 4.35. The molecule has 0 fully saturated rings. The minimum atomic E-state index is -3.58. The molecule has 0 amide bonds. The highest BCUT2D eigenvalue weighted by Crippen LogP contribution is 2.36. The van der Waals surface area contributed by atoms with Gasteiger partial charge in [0.15, 0.2) is 11.6 Å². The van der Waals surface area contributed by atoms with Crippen molar-refractivity contribution in [1.82, 2.24) is 9.55 Å². The van der Waals surface area contributed by atoms with E-state index in [1.807, 2.05) is 0 Å². The van der Waals surface area contributed by atoms with Crippen LogP contribution in [-0.4, -0.2) is 24.2 Å². The Morgan fingerprint density at radius 2 is 1.96 bits per heavy atom. The molecule has 1 aliphatic carbocycles. The third-order valence-electron chi connectivity index (χ3n) is 4.26. The number of rotatable bonds is 4. The molecule has 0 saturated heterocycles. The maximum Gasteiger partial charge on any atom is 0.231 e. The summed E-state index contributed by atoms with van der Waals surface area (Å²) in [5.74, 6) is -1.24. The molecule has 0 saturated carbocycles. The highest BCUT2D eigenvalue weighted by molar-refractivity contribution is 7.90. The first-order valence-electron chi connectivity index (χ1n) is 8.11. The minimum absolute atomic E-state index is 0.0624. The van der Waals surface area contributed by atoms with Crippen molar-refractivity contribution >= 4 is 27.5 Å². The average molecular weight is 423 g/mol. The second kappa shape index (κ2) is 6.72. The number of benzene rings is 2. The maximum atomic E-state index is 14.6. The first-order chi connectivity index (χ1) is 13.2. The molecule has 0 radical (unpaired) electrons. The smallest absolute Gasteiger partial charge is 0.231 e. The minimum Gasteiger partial charge on any atom is -0.479 e. The van der Waals surface area contributed by atoms with Crippen molar-refractivity contribution in [1.29, 1.82) is 0 Å². The van der Waals surface area contributed by atoms with E-state index in [4.69, 9.17) is 16.3 Å². The van der Waals surface area contributed by atoms with E-state index in [1.54, 1.807) is 18.2 Å². The molecular weight excluding hydrogens is 410 g/mol. The van der Waals surface area contributed by atoms with Crippen LogP contribution in [-0.2, 0) is 9.84 Å². The van der Waals surface area contributed by atoms with E-state index >= 15 is 0 Å². The van der Waals surface area contributed by atoms with Gasteiger partial charge in [-0.05, 0) is 30.3 Å². The molecule has 0 bridgehead atoms. The van der Waals surface area contributed by atoms with Crippen molar-refractivity contribution in [3.63, 3.8) is 0 Å². The van der Waals surface area contributed by atoms with Crippen molar-refractivity contribution in [2.75, 3.05) is 6.26 Å². The topological polar surface area (TPSA) is 61.2 Å². The lowest BCUT2D eigenvalue weighted by molar-refractivity contribution is 0.246. The van der Waals surface area contributed by atoms with Crippen LogP contribution in [0, 0.1) is 11.6 Å². The van der Waals surface area contributed by atoms with Crippen LogP contribution >= 0.6 is 11.6 Å². The molecule has 1 aliphatic rings. The van der Waals surface area contributed by atoms with Crippen molar-refractivity contribution < 1.29 is 21.9 Å². The summed E-state index contributed by atoms with van der Waals surface area (Å²) in [5, 5.41) is 0.0242. The summed E-state index contributed by atoms with van der Waals surface area (Å²) in [5.41, 5.74) is 1.13. The number of aromatic nitrogens is 2. The first kappa shape index (κ1) is 18.6. The molecule has 1 atom stereocenters. The van der Waals surface area contributed by atoms with Crippen LogP contribution in [0.5, 0.6) is 5.75 Å². The number of sulfone groups is 1. The van der Waals surface area contributed by atoms with Crippen molar-refractivity contribution in [3.05, 3.63) is 76.6 Å². The van der Waals surface area contributed by atoms with Crippen LogP contribution in [0.25, 0.3) is 11.8 Å². The monoisotopic (exact) mass is 422 g/mol.